The van der Waals surface area contributed by atoms with Crippen molar-refractivity contribution in [2.24, 2.45) is 5.73 Å². The second-order valence-corrected chi connectivity index (χ2v) is 4.56. The molecule has 0 radical (unpaired) electrons. The molecular weight excluding hydrogens is 222 g/mol. The third-order valence-electron chi connectivity index (χ3n) is 3.36. The Balaban J connectivity index is 2.14. The maximum absolute atomic E-state index is 10.7. The Labute approximate surface area is 106 Å². The zero-order chi connectivity index (χ0) is 12.5. The topological polar surface area (TPSA) is 43.1 Å². The first-order chi connectivity index (χ1) is 8.75. The summed E-state index contributed by atoms with van der Waals surface area (Å²) in [5.41, 5.74) is 8.88. The monoisotopic (exact) mass is 235 g/mol. The molecule has 1 aliphatic rings. The molecule has 0 saturated carbocycles. The van der Waals surface area contributed by atoms with E-state index in [1.165, 1.54) is 21.9 Å². The van der Waals surface area contributed by atoms with E-state index in [1.54, 1.807) is 0 Å². The Bertz CT molecular complexity index is 694. The molecule has 1 aliphatic carbocycles. The Morgan fingerprint density at radius 1 is 1.17 bits per heavy atom. The van der Waals surface area contributed by atoms with Gasteiger partial charge in [0.05, 0.1) is 6.42 Å². The lowest BCUT2D eigenvalue weighted by molar-refractivity contribution is -0.117. The summed E-state index contributed by atoms with van der Waals surface area (Å²) in [6.07, 6.45) is 2.35. The van der Waals surface area contributed by atoms with Gasteiger partial charge >= 0.3 is 0 Å². The van der Waals surface area contributed by atoms with Gasteiger partial charge in [-0.3, -0.25) is 4.79 Å². The summed E-state index contributed by atoms with van der Waals surface area (Å²) in [4.78, 5) is 10.7. The van der Waals surface area contributed by atoms with Gasteiger partial charge in [0.2, 0.25) is 5.91 Å². The van der Waals surface area contributed by atoms with E-state index in [2.05, 4.69) is 36.1 Å². The molecule has 18 heavy (non-hydrogen) atoms. The third-order valence-corrected chi connectivity index (χ3v) is 3.36. The van der Waals surface area contributed by atoms with Crippen LogP contribution in [0.5, 0.6) is 0 Å². The van der Waals surface area contributed by atoms with Crippen LogP contribution in [0.2, 0.25) is 0 Å². The first-order valence-electron chi connectivity index (χ1n) is 6.06. The molecule has 0 unspecified atom stereocenters. The maximum atomic E-state index is 10.7. The summed E-state index contributed by atoms with van der Waals surface area (Å²) in [5.74, 6) is 5.50. The smallest absolute Gasteiger partial charge is 0.229 e. The molecular formula is C16H13NO. The molecule has 2 N–H and O–H groups in total. The number of carbonyl (C=O) groups is 1. The van der Waals surface area contributed by atoms with Crippen molar-refractivity contribution in [3.05, 3.63) is 47.0 Å². The molecule has 0 saturated heterocycles. The SMILES string of the molecule is NC(=O)CC#Cc1ccc2c3c(cccc13)CC2. The summed E-state index contributed by atoms with van der Waals surface area (Å²) >= 11 is 0. The van der Waals surface area contributed by atoms with Crippen LogP contribution < -0.4 is 5.73 Å². The van der Waals surface area contributed by atoms with Crippen LogP contribution in [-0.4, -0.2) is 5.91 Å². The van der Waals surface area contributed by atoms with E-state index >= 15 is 0 Å². The lowest BCUT2D eigenvalue weighted by Gasteiger charge is -2.03. The predicted molar refractivity (Wildman–Crippen MR) is 72.0 cm³/mol. The largest absolute Gasteiger partial charge is 0.369 e. The molecule has 3 rings (SSSR count). The molecule has 0 bridgehead atoms. The molecule has 2 heteroatoms. The van der Waals surface area contributed by atoms with Gasteiger partial charge in [-0.15, -0.1) is 0 Å². The van der Waals surface area contributed by atoms with E-state index in [9.17, 15) is 4.79 Å². The molecule has 0 fully saturated rings. The van der Waals surface area contributed by atoms with E-state index in [0.29, 0.717) is 0 Å². The van der Waals surface area contributed by atoms with Gasteiger partial charge in [0.25, 0.3) is 0 Å². The van der Waals surface area contributed by atoms with Gasteiger partial charge in [0.1, 0.15) is 0 Å². The van der Waals surface area contributed by atoms with Gasteiger partial charge in [-0.1, -0.05) is 36.1 Å². The van der Waals surface area contributed by atoms with Crippen molar-refractivity contribution in [2.75, 3.05) is 0 Å². The molecule has 1 amide bonds. The molecule has 0 aliphatic heterocycles. The number of primary amides is 1. The number of hydrogen-bond donors (Lipinski definition) is 1. The summed E-state index contributed by atoms with van der Waals surface area (Å²) in [5, 5.41) is 2.54. The molecule has 0 atom stereocenters. The lowest BCUT2D eigenvalue weighted by Crippen LogP contribution is -2.08. The van der Waals surface area contributed by atoms with Crippen LogP contribution in [0.25, 0.3) is 10.8 Å². The fourth-order valence-electron chi connectivity index (χ4n) is 2.58. The van der Waals surface area contributed by atoms with Crippen molar-refractivity contribution in [3.8, 4) is 11.8 Å². The van der Waals surface area contributed by atoms with E-state index < -0.39 is 0 Å². The summed E-state index contributed by atoms with van der Waals surface area (Å²) in [6, 6.07) is 10.5. The lowest BCUT2D eigenvalue weighted by atomic mass is 10.0. The molecule has 0 aromatic heterocycles. The van der Waals surface area contributed by atoms with Crippen molar-refractivity contribution >= 4 is 16.7 Å². The molecule has 2 aromatic carbocycles. The van der Waals surface area contributed by atoms with Crippen molar-refractivity contribution in [2.45, 2.75) is 19.3 Å². The predicted octanol–water partition coefficient (Wildman–Crippen LogP) is 2.17. The van der Waals surface area contributed by atoms with Crippen molar-refractivity contribution in [1.82, 2.24) is 0 Å². The summed E-state index contributed by atoms with van der Waals surface area (Å²) in [6.45, 7) is 0. The fraction of sp³-hybridized carbons (Fsp3) is 0.188. The molecule has 0 heterocycles. The second kappa shape index (κ2) is 4.19. The Kier molecular flexibility index (Phi) is 2.53. The average Bonchev–Trinajstić information content (AvgIpc) is 2.77. The minimum atomic E-state index is -0.381. The first kappa shape index (κ1) is 10.9. The zero-order valence-corrected chi connectivity index (χ0v) is 9.99. The van der Waals surface area contributed by atoms with E-state index in [-0.39, 0.29) is 12.3 Å². The first-order valence-corrected chi connectivity index (χ1v) is 6.06. The van der Waals surface area contributed by atoms with Gasteiger partial charge in [0, 0.05) is 5.56 Å². The van der Waals surface area contributed by atoms with Crippen molar-refractivity contribution in [1.29, 1.82) is 0 Å². The molecule has 0 spiro atoms. The number of carbonyl (C=O) groups excluding carboxylic acids is 1. The summed E-state index contributed by atoms with van der Waals surface area (Å²) < 4.78 is 0. The van der Waals surface area contributed by atoms with Gasteiger partial charge in [0.15, 0.2) is 0 Å². The fourth-order valence-corrected chi connectivity index (χ4v) is 2.58. The Morgan fingerprint density at radius 3 is 2.72 bits per heavy atom. The van der Waals surface area contributed by atoms with Gasteiger partial charge < -0.3 is 5.73 Å². The zero-order valence-electron chi connectivity index (χ0n) is 9.99. The highest BCUT2D eigenvalue weighted by atomic mass is 16.1. The number of aryl methyl sites for hydroxylation is 2. The number of amides is 1. The van der Waals surface area contributed by atoms with Gasteiger partial charge in [-0.05, 0) is 40.8 Å². The molecule has 2 aromatic rings. The quantitative estimate of drug-likeness (QED) is 0.756. The van der Waals surface area contributed by atoms with E-state index in [0.717, 1.165) is 18.4 Å². The standard InChI is InChI=1S/C16H13NO/c17-15(18)6-2-3-11-7-8-13-10-9-12-4-1-5-14(11)16(12)13/h1,4-5,7-8H,6,9-10H2,(H2,17,18). The van der Waals surface area contributed by atoms with Crippen LogP contribution in [0.4, 0.5) is 0 Å². The van der Waals surface area contributed by atoms with E-state index in [1.807, 2.05) is 6.07 Å². The second-order valence-electron chi connectivity index (χ2n) is 4.56. The van der Waals surface area contributed by atoms with Crippen LogP contribution in [-0.2, 0) is 17.6 Å². The van der Waals surface area contributed by atoms with Gasteiger partial charge in [-0.2, -0.15) is 0 Å². The van der Waals surface area contributed by atoms with Crippen LogP contribution in [0.3, 0.4) is 0 Å². The molecule has 88 valence electrons. The highest BCUT2D eigenvalue weighted by Crippen LogP contribution is 2.32. The van der Waals surface area contributed by atoms with Crippen molar-refractivity contribution in [3.63, 3.8) is 0 Å². The van der Waals surface area contributed by atoms with Crippen LogP contribution >= 0.6 is 0 Å². The maximum Gasteiger partial charge on any atom is 0.229 e. The summed E-state index contributed by atoms with van der Waals surface area (Å²) in [7, 11) is 0. The van der Waals surface area contributed by atoms with E-state index in [4.69, 9.17) is 5.73 Å². The van der Waals surface area contributed by atoms with Crippen LogP contribution in [0.1, 0.15) is 23.1 Å². The van der Waals surface area contributed by atoms with Gasteiger partial charge in [-0.25, -0.2) is 0 Å². The minimum Gasteiger partial charge on any atom is -0.369 e. The average molecular weight is 235 g/mol. The number of nitrogens with two attached hydrogens (primary N) is 1. The normalized spacial score (nSPS) is 12.2. The Hall–Kier alpha value is -2.27. The number of rotatable bonds is 1. The van der Waals surface area contributed by atoms with Crippen molar-refractivity contribution < 1.29 is 4.79 Å². The highest BCUT2D eigenvalue weighted by molar-refractivity contribution is 5.95. The minimum absolute atomic E-state index is 0.114. The third kappa shape index (κ3) is 1.74. The number of benzene rings is 2. The number of hydrogen-bond acceptors (Lipinski definition) is 1. The Morgan fingerprint density at radius 2 is 1.94 bits per heavy atom. The van der Waals surface area contributed by atoms with Crippen LogP contribution in [0, 0.1) is 11.8 Å². The van der Waals surface area contributed by atoms with Crippen LogP contribution in [0.15, 0.2) is 30.3 Å². The highest BCUT2D eigenvalue weighted by Gasteiger charge is 2.14. The molecule has 2 nitrogen and oxygen atoms in total.